The van der Waals surface area contributed by atoms with Crippen molar-refractivity contribution in [2.75, 3.05) is 24.6 Å². The lowest BCUT2D eigenvalue weighted by atomic mass is 10.1. The summed E-state index contributed by atoms with van der Waals surface area (Å²) in [6.45, 7) is 5.45. The Bertz CT molecular complexity index is 662. The van der Waals surface area contributed by atoms with Crippen LogP contribution in [0.25, 0.3) is 0 Å². The minimum atomic E-state index is -0.846. The van der Waals surface area contributed by atoms with Crippen LogP contribution in [0.15, 0.2) is 36.5 Å². The monoisotopic (exact) mass is 299 g/mol. The van der Waals surface area contributed by atoms with Gasteiger partial charge in [0.05, 0.1) is 6.54 Å². The van der Waals surface area contributed by atoms with Gasteiger partial charge in [-0.25, -0.2) is 9.97 Å². The number of aromatic nitrogens is 2. The van der Waals surface area contributed by atoms with Gasteiger partial charge in [-0.2, -0.15) is 0 Å². The van der Waals surface area contributed by atoms with E-state index in [1.165, 1.54) is 0 Å². The summed E-state index contributed by atoms with van der Waals surface area (Å²) in [6, 6.07) is 9.73. The largest absolute Gasteiger partial charge is 0.490 e. The zero-order chi connectivity index (χ0) is 15.6. The van der Waals surface area contributed by atoms with Gasteiger partial charge in [0.25, 0.3) is 0 Å². The minimum absolute atomic E-state index is 0.290. The van der Waals surface area contributed by atoms with Gasteiger partial charge in [-0.15, -0.1) is 0 Å². The third-order valence-electron chi connectivity index (χ3n) is 4.01. The molecule has 1 fully saturated rings. The number of β-amino-alcohol motifs (C(OH)–C–C–N with tert-alkyl or cyclic N) is 1. The standard InChI is InChI=1S/C17H21N3O2/c1-13-5-3-4-6-15(13)22-12-17(21)8-10-20(11-17)16-7-9-18-14(2)19-16/h3-7,9,21H,8,10-12H2,1-2H3/t17-/m0/s1. The second-order valence-corrected chi connectivity index (χ2v) is 5.91. The lowest BCUT2D eigenvalue weighted by molar-refractivity contribution is 0.0142. The molecule has 1 saturated heterocycles. The average Bonchev–Trinajstić information content (AvgIpc) is 2.90. The van der Waals surface area contributed by atoms with Gasteiger partial charge < -0.3 is 14.7 Å². The summed E-state index contributed by atoms with van der Waals surface area (Å²) in [5.74, 6) is 2.43. The van der Waals surface area contributed by atoms with Crippen LogP contribution >= 0.6 is 0 Å². The van der Waals surface area contributed by atoms with Crippen LogP contribution in [0.2, 0.25) is 0 Å². The Kier molecular flexibility index (Phi) is 3.98. The number of benzene rings is 1. The molecule has 2 aromatic rings. The van der Waals surface area contributed by atoms with Crippen molar-refractivity contribution in [2.45, 2.75) is 25.9 Å². The number of hydrogen-bond acceptors (Lipinski definition) is 5. The number of aliphatic hydroxyl groups is 1. The summed E-state index contributed by atoms with van der Waals surface area (Å²) in [7, 11) is 0. The fourth-order valence-electron chi connectivity index (χ4n) is 2.72. The van der Waals surface area contributed by atoms with E-state index in [4.69, 9.17) is 4.74 Å². The fourth-order valence-corrected chi connectivity index (χ4v) is 2.72. The molecule has 0 spiro atoms. The SMILES string of the molecule is Cc1nccc(N2CC[C@@](O)(COc3ccccc3C)C2)n1. The molecule has 116 valence electrons. The summed E-state index contributed by atoms with van der Waals surface area (Å²) in [5, 5.41) is 10.7. The summed E-state index contributed by atoms with van der Waals surface area (Å²) in [6.07, 6.45) is 2.42. The maximum atomic E-state index is 10.7. The summed E-state index contributed by atoms with van der Waals surface area (Å²) >= 11 is 0. The maximum Gasteiger partial charge on any atom is 0.132 e. The Morgan fingerprint density at radius 2 is 2.09 bits per heavy atom. The Hall–Kier alpha value is -2.14. The van der Waals surface area contributed by atoms with Crippen LogP contribution in [0.4, 0.5) is 5.82 Å². The molecule has 1 N–H and O–H groups in total. The lowest BCUT2D eigenvalue weighted by Crippen LogP contribution is -2.39. The van der Waals surface area contributed by atoms with Crippen LogP contribution in [0.3, 0.4) is 0 Å². The molecule has 0 unspecified atom stereocenters. The van der Waals surface area contributed by atoms with Gasteiger partial charge in [0.15, 0.2) is 0 Å². The van der Waals surface area contributed by atoms with E-state index in [1.54, 1.807) is 6.20 Å². The van der Waals surface area contributed by atoms with Crippen LogP contribution in [0.5, 0.6) is 5.75 Å². The topological polar surface area (TPSA) is 58.5 Å². The number of anilines is 1. The van der Waals surface area contributed by atoms with Crippen LogP contribution < -0.4 is 9.64 Å². The summed E-state index contributed by atoms with van der Waals surface area (Å²) < 4.78 is 5.82. The average molecular weight is 299 g/mol. The Morgan fingerprint density at radius 3 is 2.86 bits per heavy atom. The molecule has 0 aliphatic carbocycles. The maximum absolute atomic E-state index is 10.7. The van der Waals surface area contributed by atoms with E-state index in [1.807, 2.05) is 44.2 Å². The molecule has 3 rings (SSSR count). The number of aryl methyl sites for hydroxylation is 2. The quantitative estimate of drug-likeness (QED) is 0.937. The van der Waals surface area contributed by atoms with E-state index in [0.717, 1.165) is 29.5 Å². The molecular weight excluding hydrogens is 278 g/mol. The predicted molar refractivity (Wildman–Crippen MR) is 85.2 cm³/mol. The van der Waals surface area contributed by atoms with Crippen LogP contribution in [-0.4, -0.2) is 40.4 Å². The van der Waals surface area contributed by atoms with Crippen molar-refractivity contribution >= 4 is 5.82 Å². The Morgan fingerprint density at radius 1 is 1.27 bits per heavy atom. The third-order valence-corrected chi connectivity index (χ3v) is 4.01. The minimum Gasteiger partial charge on any atom is -0.490 e. The smallest absolute Gasteiger partial charge is 0.132 e. The van der Waals surface area contributed by atoms with Crippen molar-refractivity contribution in [1.82, 2.24) is 9.97 Å². The number of rotatable bonds is 4. The van der Waals surface area contributed by atoms with E-state index in [9.17, 15) is 5.11 Å². The van der Waals surface area contributed by atoms with E-state index in [-0.39, 0.29) is 0 Å². The first-order chi connectivity index (χ1) is 10.6. The zero-order valence-corrected chi connectivity index (χ0v) is 13.0. The van der Waals surface area contributed by atoms with Gasteiger partial charge in [0.1, 0.15) is 29.6 Å². The fraction of sp³-hybridized carbons (Fsp3) is 0.412. The number of ether oxygens (including phenoxy) is 1. The van der Waals surface area contributed by atoms with Gasteiger partial charge in [-0.3, -0.25) is 0 Å². The normalized spacial score (nSPS) is 21.1. The third kappa shape index (κ3) is 3.20. The van der Waals surface area contributed by atoms with Crippen molar-refractivity contribution in [3.8, 4) is 5.75 Å². The van der Waals surface area contributed by atoms with Crippen molar-refractivity contribution in [2.24, 2.45) is 0 Å². The van der Waals surface area contributed by atoms with E-state index in [2.05, 4.69) is 14.9 Å². The molecule has 0 radical (unpaired) electrons. The van der Waals surface area contributed by atoms with Crippen LogP contribution in [0, 0.1) is 13.8 Å². The Labute approximate surface area is 130 Å². The lowest BCUT2D eigenvalue weighted by Gasteiger charge is -2.24. The molecular formula is C17H21N3O2. The molecule has 1 aromatic heterocycles. The van der Waals surface area contributed by atoms with Gasteiger partial charge >= 0.3 is 0 Å². The van der Waals surface area contributed by atoms with E-state index < -0.39 is 5.60 Å². The first kappa shape index (κ1) is 14.8. The molecule has 1 aliphatic heterocycles. The molecule has 1 aliphatic rings. The van der Waals surface area contributed by atoms with Crippen molar-refractivity contribution in [3.05, 3.63) is 47.9 Å². The number of para-hydroxylation sites is 1. The second kappa shape index (κ2) is 5.93. The van der Waals surface area contributed by atoms with Crippen molar-refractivity contribution in [3.63, 3.8) is 0 Å². The highest BCUT2D eigenvalue weighted by molar-refractivity contribution is 5.40. The first-order valence-corrected chi connectivity index (χ1v) is 7.51. The molecule has 2 heterocycles. The highest BCUT2D eigenvalue weighted by atomic mass is 16.5. The summed E-state index contributed by atoms with van der Waals surface area (Å²) in [4.78, 5) is 10.6. The van der Waals surface area contributed by atoms with Gasteiger partial charge in [0.2, 0.25) is 0 Å². The molecule has 0 bridgehead atoms. The molecule has 1 atom stereocenters. The Balaban J connectivity index is 1.64. The van der Waals surface area contributed by atoms with Crippen molar-refractivity contribution in [1.29, 1.82) is 0 Å². The molecule has 22 heavy (non-hydrogen) atoms. The van der Waals surface area contributed by atoms with Crippen LogP contribution in [-0.2, 0) is 0 Å². The number of nitrogens with zero attached hydrogens (tertiary/aromatic N) is 3. The molecule has 0 saturated carbocycles. The van der Waals surface area contributed by atoms with Gasteiger partial charge in [-0.1, -0.05) is 18.2 Å². The van der Waals surface area contributed by atoms with E-state index in [0.29, 0.717) is 19.6 Å². The molecule has 0 amide bonds. The zero-order valence-electron chi connectivity index (χ0n) is 13.0. The van der Waals surface area contributed by atoms with Crippen molar-refractivity contribution < 1.29 is 9.84 Å². The molecule has 5 nitrogen and oxygen atoms in total. The first-order valence-electron chi connectivity index (χ1n) is 7.51. The highest BCUT2D eigenvalue weighted by Crippen LogP contribution is 2.27. The van der Waals surface area contributed by atoms with E-state index >= 15 is 0 Å². The molecule has 5 heteroatoms. The predicted octanol–water partition coefficient (Wildman–Crippen LogP) is 2.11. The highest BCUT2D eigenvalue weighted by Gasteiger charge is 2.37. The van der Waals surface area contributed by atoms with Crippen LogP contribution in [0.1, 0.15) is 17.8 Å². The van der Waals surface area contributed by atoms with Gasteiger partial charge in [0, 0.05) is 12.7 Å². The number of hydrogen-bond donors (Lipinski definition) is 1. The molecule has 1 aromatic carbocycles. The second-order valence-electron chi connectivity index (χ2n) is 5.91. The van der Waals surface area contributed by atoms with Gasteiger partial charge in [-0.05, 0) is 38.0 Å². The summed E-state index contributed by atoms with van der Waals surface area (Å²) in [5.41, 5.74) is 0.230.